The average Bonchev–Trinajstić information content (AvgIpc) is 3.23. The van der Waals surface area contributed by atoms with Crippen molar-refractivity contribution in [3.63, 3.8) is 0 Å². The van der Waals surface area contributed by atoms with Gasteiger partial charge in [-0.3, -0.25) is 9.59 Å². The van der Waals surface area contributed by atoms with E-state index in [1.807, 2.05) is 21.7 Å². The molecule has 1 atom stereocenters. The molecule has 1 amide bonds. The van der Waals surface area contributed by atoms with E-state index in [1.165, 1.54) is 11.3 Å². The van der Waals surface area contributed by atoms with Crippen LogP contribution in [0.5, 0.6) is 0 Å². The van der Waals surface area contributed by atoms with E-state index in [4.69, 9.17) is 5.11 Å². The van der Waals surface area contributed by atoms with Gasteiger partial charge in [0, 0.05) is 30.5 Å². The zero-order valence-corrected chi connectivity index (χ0v) is 14.2. The topological polar surface area (TPSA) is 70.5 Å². The number of piperidine rings is 1. The van der Waals surface area contributed by atoms with E-state index in [0.29, 0.717) is 17.8 Å². The highest BCUT2D eigenvalue weighted by atomic mass is 32.1. The number of likely N-dealkylation sites (tertiary alicyclic amines) is 1. The van der Waals surface area contributed by atoms with Crippen molar-refractivity contribution in [2.75, 3.05) is 13.1 Å². The zero-order valence-electron chi connectivity index (χ0n) is 12.6. The molecule has 1 saturated heterocycles. The molecular formula is C16H18N2O3S2. The summed E-state index contributed by atoms with van der Waals surface area (Å²) in [6.07, 6.45) is 4.41. The fraction of sp³-hybridized carbons (Fsp3) is 0.438. The molecular weight excluding hydrogens is 332 g/mol. The molecule has 0 unspecified atom stereocenters. The lowest BCUT2D eigenvalue weighted by atomic mass is 9.93. The van der Waals surface area contributed by atoms with Gasteiger partial charge in [-0.05, 0) is 36.6 Å². The molecule has 2 aromatic rings. The summed E-state index contributed by atoms with van der Waals surface area (Å²) >= 11 is 3.03. The van der Waals surface area contributed by atoms with Gasteiger partial charge in [0.1, 0.15) is 9.88 Å². The van der Waals surface area contributed by atoms with Crippen LogP contribution in [0.3, 0.4) is 0 Å². The number of carbonyl (C=O) groups is 2. The molecule has 0 aliphatic carbocycles. The SMILES string of the molecule is O=C(O)CC[C@H]1CCCN(C(=O)c2cnc(-c3ccsc3)s2)C1. The summed E-state index contributed by atoms with van der Waals surface area (Å²) in [6, 6.07) is 2.00. The molecule has 1 fully saturated rings. The van der Waals surface area contributed by atoms with E-state index in [1.54, 1.807) is 17.5 Å². The first-order chi connectivity index (χ1) is 11.1. The lowest BCUT2D eigenvalue weighted by Crippen LogP contribution is -2.39. The van der Waals surface area contributed by atoms with Gasteiger partial charge in [0.2, 0.25) is 0 Å². The van der Waals surface area contributed by atoms with Gasteiger partial charge in [-0.2, -0.15) is 11.3 Å². The van der Waals surface area contributed by atoms with Crippen LogP contribution in [0.4, 0.5) is 0 Å². The van der Waals surface area contributed by atoms with Gasteiger partial charge in [0.05, 0.1) is 6.20 Å². The summed E-state index contributed by atoms with van der Waals surface area (Å²) in [5.74, 6) is -0.464. The number of aliphatic carboxylic acids is 1. The maximum Gasteiger partial charge on any atom is 0.303 e. The average molecular weight is 350 g/mol. The lowest BCUT2D eigenvalue weighted by molar-refractivity contribution is -0.137. The third kappa shape index (κ3) is 3.97. The smallest absolute Gasteiger partial charge is 0.303 e. The summed E-state index contributed by atoms with van der Waals surface area (Å²) in [5, 5.41) is 13.7. The van der Waals surface area contributed by atoms with Crippen molar-refractivity contribution in [1.82, 2.24) is 9.88 Å². The van der Waals surface area contributed by atoms with Gasteiger partial charge < -0.3 is 10.0 Å². The fourth-order valence-corrected chi connectivity index (χ4v) is 4.46. The predicted octanol–water partition coefficient (Wildman–Crippen LogP) is 3.59. The number of carboxylic acid groups (broad SMARTS) is 1. The van der Waals surface area contributed by atoms with E-state index >= 15 is 0 Å². The van der Waals surface area contributed by atoms with Crippen LogP contribution < -0.4 is 0 Å². The maximum absolute atomic E-state index is 12.6. The van der Waals surface area contributed by atoms with Crippen LogP contribution in [0.2, 0.25) is 0 Å². The Morgan fingerprint density at radius 1 is 1.43 bits per heavy atom. The Labute approximate surface area is 142 Å². The first-order valence-corrected chi connectivity index (χ1v) is 9.39. The van der Waals surface area contributed by atoms with Crippen molar-refractivity contribution in [3.8, 4) is 10.6 Å². The van der Waals surface area contributed by atoms with Crippen LogP contribution in [0.25, 0.3) is 10.6 Å². The van der Waals surface area contributed by atoms with Crippen molar-refractivity contribution in [1.29, 1.82) is 0 Å². The van der Waals surface area contributed by atoms with Gasteiger partial charge in [0.15, 0.2) is 0 Å². The molecule has 1 N–H and O–H groups in total. The molecule has 7 heteroatoms. The van der Waals surface area contributed by atoms with Crippen molar-refractivity contribution < 1.29 is 14.7 Å². The molecule has 2 aromatic heterocycles. The monoisotopic (exact) mass is 350 g/mol. The first kappa shape index (κ1) is 16.1. The number of carboxylic acids is 1. The third-order valence-electron chi connectivity index (χ3n) is 4.06. The number of thiophene rings is 1. The van der Waals surface area contributed by atoms with Crippen LogP contribution in [-0.2, 0) is 4.79 Å². The number of thiazole rings is 1. The van der Waals surface area contributed by atoms with Crippen molar-refractivity contribution >= 4 is 34.6 Å². The fourth-order valence-electron chi connectivity index (χ4n) is 2.86. The Morgan fingerprint density at radius 2 is 2.30 bits per heavy atom. The highest BCUT2D eigenvalue weighted by molar-refractivity contribution is 7.17. The highest BCUT2D eigenvalue weighted by Crippen LogP contribution is 2.29. The van der Waals surface area contributed by atoms with E-state index < -0.39 is 5.97 Å². The summed E-state index contributed by atoms with van der Waals surface area (Å²) in [5.41, 5.74) is 1.05. The van der Waals surface area contributed by atoms with E-state index in [9.17, 15) is 9.59 Å². The van der Waals surface area contributed by atoms with E-state index in [2.05, 4.69) is 4.98 Å². The van der Waals surface area contributed by atoms with Crippen molar-refractivity contribution in [2.45, 2.75) is 25.7 Å². The standard InChI is InChI=1S/C16H18N2O3S2/c19-14(20)4-3-11-2-1-6-18(9-11)16(21)13-8-17-15(23-13)12-5-7-22-10-12/h5,7-8,10-11H,1-4,6,9H2,(H,19,20)/t11-/m1/s1. The van der Waals surface area contributed by atoms with Gasteiger partial charge in [-0.1, -0.05) is 0 Å². The number of rotatable bonds is 5. The lowest BCUT2D eigenvalue weighted by Gasteiger charge is -2.32. The Hall–Kier alpha value is -1.73. The largest absolute Gasteiger partial charge is 0.481 e. The number of hydrogen-bond donors (Lipinski definition) is 1. The molecule has 122 valence electrons. The van der Waals surface area contributed by atoms with Crippen LogP contribution in [0, 0.1) is 5.92 Å². The molecule has 0 spiro atoms. The Kier molecular flexibility index (Phi) is 5.07. The van der Waals surface area contributed by atoms with Crippen LogP contribution in [-0.4, -0.2) is 40.0 Å². The Morgan fingerprint density at radius 3 is 3.04 bits per heavy atom. The molecule has 5 nitrogen and oxygen atoms in total. The minimum atomic E-state index is -0.767. The molecule has 0 bridgehead atoms. The van der Waals surface area contributed by atoms with Crippen LogP contribution >= 0.6 is 22.7 Å². The summed E-state index contributed by atoms with van der Waals surface area (Å²) in [4.78, 5) is 30.2. The number of amides is 1. The molecule has 1 aliphatic rings. The van der Waals surface area contributed by atoms with Gasteiger partial charge in [0.25, 0.3) is 5.91 Å². The second kappa shape index (κ2) is 7.23. The van der Waals surface area contributed by atoms with E-state index in [-0.39, 0.29) is 18.2 Å². The molecule has 3 heterocycles. The van der Waals surface area contributed by atoms with Gasteiger partial charge in [-0.15, -0.1) is 11.3 Å². The summed E-state index contributed by atoms with van der Waals surface area (Å²) in [7, 11) is 0. The first-order valence-electron chi connectivity index (χ1n) is 7.63. The van der Waals surface area contributed by atoms with Gasteiger partial charge in [-0.25, -0.2) is 4.98 Å². The zero-order chi connectivity index (χ0) is 16.2. The maximum atomic E-state index is 12.6. The minimum absolute atomic E-state index is 0.0176. The molecule has 23 heavy (non-hydrogen) atoms. The number of hydrogen-bond acceptors (Lipinski definition) is 5. The predicted molar refractivity (Wildman–Crippen MR) is 90.9 cm³/mol. The second-order valence-electron chi connectivity index (χ2n) is 5.73. The van der Waals surface area contributed by atoms with Gasteiger partial charge >= 0.3 is 5.97 Å². The molecule has 0 saturated carbocycles. The van der Waals surface area contributed by atoms with Crippen molar-refractivity contribution in [3.05, 3.63) is 27.9 Å². The molecule has 0 aromatic carbocycles. The summed E-state index contributed by atoms with van der Waals surface area (Å²) in [6.45, 7) is 1.39. The Balaban J connectivity index is 1.64. The highest BCUT2D eigenvalue weighted by Gasteiger charge is 2.26. The number of aromatic nitrogens is 1. The number of carbonyl (C=O) groups excluding carboxylic acids is 1. The molecule has 1 aliphatic heterocycles. The quantitative estimate of drug-likeness (QED) is 0.894. The minimum Gasteiger partial charge on any atom is -0.481 e. The van der Waals surface area contributed by atoms with Crippen molar-refractivity contribution in [2.24, 2.45) is 5.92 Å². The van der Waals surface area contributed by atoms with E-state index in [0.717, 1.165) is 30.0 Å². The third-order valence-corrected chi connectivity index (χ3v) is 5.77. The molecule has 0 radical (unpaired) electrons. The molecule has 3 rings (SSSR count). The normalized spacial score (nSPS) is 18.1. The Bertz CT molecular complexity index is 681. The summed E-state index contributed by atoms with van der Waals surface area (Å²) < 4.78 is 0. The second-order valence-corrected chi connectivity index (χ2v) is 7.54. The van der Waals surface area contributed by atoms with Crippen LogP contribution in [0.15, 0.2) is 23.0 Å². The number of nitrogens with zero attached hydrogens (tertiary/aromatic N) is 2. The van der Waals surface area contributed by atoms with Crippen LogP contribution in [0.1, 0.15) is 35.4 Å².